The summed E-state index contributed by atoms with van der Waals surface area (Å²) in [6, 6.07) is 5.93. The average molecular weight is 317 g/mol. The van der Waals surface area contributed by atoms with Gasteiger partial charge in [-0.25, -0.2) is 0 Å². The predicted molar refractivity (Wildman–Crippen MR) is 88.1 cm³/mol. The van der Waals surface area contributed by atoms with Crippen LogP contribution >= 0.6 is 0 Å². The number of carboxylic acids is 1. The lowest BCUT2D eigenvalue weighted by Gasteiger charge is -2.32. The molecule has 0 saturated carbocycles. The van der Waals surface area contributed by atoms with Crippen molar-refractivity contribution in [2.45, 2.75) is 32.7 Å². The standard InChI is InChI=1S/C18H23NO4/c1-13-3-4-15(14(2)11-13)5-6-17(20)19(12-18(21)22)16-7-9-23-10-8-16/h3-6,11,16H,7-10,12H2,1-2H3,(H,21,22). The van der Waals surface area contributed by atoms with Gasteiger partial charge in [-0.15, -0.1) is 0 Å². The number of carbonyl (C=O) groups excluding carboxylic acids is 1. The van der Waals surface area contributed by atoms with Crippen molar-refractivity contribution in [1.82, 2.24) is 4.90 Å². The molecule has 1 amide bonds. The minimum absolute atomic E-state index is 0.0730. The zero-order chi connectivity index (χ0) is 16.8. The Hall–Kier alpha value is -2.14. The smallest absolute Gasteiger partial charge is 0.323 e. The third kappa shape index (κ3) is 4.93. The van der Waals surface area contributed by atoms with Gasteiger partial charge in [0.1, 0.15) is 6.54 Å². The van der Waals surface area contributed by atoms with Crippen molar-refractivity contribution in [2.24, 2.45) is 0 Å². The molecular formula is C18H23NO4. The lowest BCUT2D eigenvalue weighted by atomic mass is 10.0. The molecule has 5 heteroatoms. The first-order chi connectivity index (χ1) is 11.0. The van der Waals surface area contributed by atoms with Crippen molar-refractivity contribution in [3.63, 3.8) is 0 Å². The molecule has 1 saturated heterocycles. The van der Waals surface area contributed by atoms with Gasteiger partial charge < -0.3 is 14.7 Å². The molecule has 1 aromatic carbocycles. The lowest BCUT2D eigenvalue weighted by Crippen LogP contribution is -2.45. The molecule has 0 atom stereocenters. The van der Waals surface area contributed by atoms with Gasteiger partial charge in [-0.3, -0.25) is 9.59 Å². The molecular weight excluding hydrogens is 294 g/mol. The Morgan fingerprint density at radius 3 is 2.61 bits per heavy atom. The van der Waals surface area contributed by atoms with Gasteiger partial charge in [0.15, 0.2) is 0 Å². The van der Waals surface area contributed by atoms with Crippen LogP contribution < -0.4 is 0 Å². The third-order valence-corrected chi connectivity index (χ3v) is 4.05. The first-order valence-corrected chi connectivity index (χ1v) is 7.83. The molecule has 1 fully saturated rings. The first-order valence-electron chi connectivity index (χ1n) is 7.83. The number of nitrogens with zero attached hydrogens (tertiary/aromatic N) is 1. The molecule has 2 rings (SSSR count). The highest BCUT2D eigenvalue weighted by molar-refractivity contribution is 5.94. The highest BCUT2D eigenvalue weighted by atomic mass is 16.5. The van der Waals surface area contributed by atoms with Crippen LogP contribution in [0.15, 0.2) is 24.3 Å². The van der Waals surface area contributed by atoms with E-state index in [9.17, 15) is 9.59 Å². The van der Waals surface area contributed by atoms with Crippen LogP contribution in [0.2, 0.25) is 0 Å². The van der Waals surface area contributed by atoms with Crippen LogP contribution in [-0.2, 0) is 14.3 Å². The zero-order valence-corrected chi connectivity index (χ0v) is 13.6. The summed E-state index contributed by atoms with van der Waals surface area (Å²) in [7, 11) is 0. The normalized spacial score (nSPS) is 15.7. The summed E-state index contributed by atoms with van der Waals surface area (Å²) in [5, 5.41) is 9.07. The van der Waals surface area contributed by atoms with Gasteiger partial charge >= 0.3 is 5.97 Å². The summed E-state index contributed by atoms with van der Waals surface area (Å²) in [6.07, 6.45) is 4.58. The van der Waals surface area contributed by atoms with Gasteiger partial charge in [-0.2, -0.15) is 0 Å². The Bertz CT molecular complexity index is 603. The summed E-state index contributed by atoms with van der Waals surface area (Å²) in [5.41, 5.74) is 3.22. The molecule has 23 heavy (non-hydrogen) atoms. The minimum Gasteiger partial charge on any atom is -0.480 e. The number of ether oxygens (including phenoxy) is 1. The van der Waals surface area contributed by atoms with E-state index < -0.39 is 5.97 Å². The fourth-order valence-electron chi connectivity index (χ4n) is 2.80. The predicted octanol–water partition coefficient (Wildman–Crippen LogP) is 2.41. The van der Waals surface area contributed by atoms with Crippen LogP contribution in [0.5, 0.6) is 0 Å². The van der Waals surface area contributed by atoms with E-state index in [-0.39, 0.29) is 18.5 Å². The monoisotopic (exact) mass is 317 g/mol. The van der Waals surface area contributed by atoms with E-state index in [0.29, 0.717) is 26.1 Å². The molecule has 0 spiro atoms. The molecule has 1 aromatic rings. The van der Waals surface area contributed by atoms with Crippen molar-refractivity contribution in [3.05, 3.63) is 41.0 Å². The largest absolute Gasteiger partial charge is 0.480 e. The molecule has 0 bridgehead atoms. The zero-order valence-electron chi connectivity index (χ0n) is 13.6. The number of amides is 1. The molecule has 0 unspecified atom stereocenters. The number of hydrogen-bond acceptors (Lipinski definition) is 3. The summed E-state index contributed by atoms with van der Waals surface area (Å²) in [4.78, 5) is 25.0. The number of aliphatic carboxylic acids is 1. The number of carboxylic acid groups (broad SMARTS) is 1. The highest BCUT2D eigenvalue weighted by Gasteiger charge is 2.26. The first kappa shape index (κ1) is 17.2. The Labute approximate surface area is 136 Å². The summed E-state index contributed by atoms with van der Waals surface area (Å²) >= 11 is 0. The quantitative estimate of drug-likeness (QED) is 0.847. The van der Waals surface area contributed by atoms with Crippen LogP contribution in [-0.4, -0.2) is 47.7 Å². The van der Waals surface area contributed by atoms with Crippen LogP contribution in [0.4, 0.5) is 0 Å². The molecule has 5 nitrogen and oxygen atoms in total. The summed E-state index contributed by atoms with van der Waals surface area (Å²) < 4.78 is 5.29. The van der Waals surface area contributed by atoms with Crippen LogP contribution in [0, 0.1) is 13.8 Å². The Morgan fingerprint density at radius 1 is 1.30 bits per heavy atom. The fourth-order valence-corrected chi connectivity index (χ4v) is 2.80. The number of benzene rings is 1. The second kappa shape index (κ2) is 7.92. The Balaban J connectivity index is 2.12. The molecule has 1 heterocycles. The average Bonchev–Trinajstić information content (AvgIpc) is 2.52. The number of carbonyl (C=O) groups is 2. The van der Waals surface area contributed by atoms with Crippen molar-refractivity contribution in [2.75, 3.05) is 19.8 Å². The van der Waals surface area contributed by atoms with Crippen molar-refractivity contribution >= 4 is 18.0 Å². The van der Waals surface area contributed by atoms with E-state index in [4.69, 9.17) is 9.84 Å². The van der Waals surface area contributed by atoms with Crippen LogP contribution in [0.3, 0.4) is 0 Å². The molecule has 1 N–H and O–H groups in total. The maximum absolute atomic E-state index is 12.5. The van der Waals surface area contributed by atoms with Gasteiger partial charge in [0.25, 0.3) is 0 Å². The van der Waals surface area contributed by atoms with Gasteiger partial charge in [-0.05, 0) is 43.9 Å². The van der Waals surface area contributed by atoms with Gasteiger partial charge in [0, 0.05) is 25.3 Å². The summed E-state index contributed by atoms with van der Waals surface area (Å²) in [6.45, 7) is 4.86. The van der Waals surface area contributed by atoms with E-state index in [2.05, 4.69) is 6.07 Å². The van der Waals surface area contributed by atoms with E-state index >= 15 is 0 Å². The second-order valence-corrected chi connectivity index (χ2v) is 5.90. The van der Waals surface area contributed by atoms with Crippen LogP contribution in [0.25, 0.3) is 6.08 Å². The molecule has 1 aliphatic rings. The fraction of sp³-hybridized carbons (Fsp3) is 0.444. The SMILES string of the molecule is Cc1ccc(C=CC(=O)N(CC(=O)O)C2CCOCC2)c(C)c1. The molecule has 0 radical (unpaired) electrons. The molecule has 0 aliphatic carbocycles. The van der Waals surface area contributed by atoms with E-state index in [1.165, 1.54) is 16.5 Å². The second-order valence-electron chi connectivity index (χ2n) is 5.90. The highest BCUT2D eigenvalue weighted by Crippen LogP contribution is 2.16. The van der Waals surface area contributed by atoms with E-state index in [1.807, 2.05) is 26.0 Å². The Kier molecular flexibility index (Phi) is 5.93. The Morgan fingerprint density at radius 2 is 2.00 bits per heavy atom. The van der Waals surface area contributed by atoms with E-state index in [1.54, 1.807) is 6.08 Å². The maximum atomic E-state index is 12.5. The maximum Gasteiger partial charge on any atom is 0.323 e. The molecule has 0 aromatic heterocycles. The van der Waals surface area contributed by atoms with Crippen molar-refractivity contribution < 1.29 is 19.4 Å². The minimum atomic E-state index is -0.996. The van der Waals surface area contributed by atoms with Gasteiger partial charge in [0.05, 0.1) is 0 Å². The number of rotatable bonds is 5. The van der Waals surface area contributed by atoms with Crippen molar-refractivity contribution in [3.8, 4) is 0 Å². The lowest BCUT2D eigenvalue weighted by molar-refractivity contribution is -0.145. The third-order valence-electron chi connectivity index (χ3n) is 4.05. The molecule has 124 valence electrons. The van der Waals surface area contributed by atoms with Crippen LogP contribution in [0.1, 0.15) is 29.5 Å². The molecule has 1 aliphatic heterocycles. The summed E-state index contributed by atoms with van der Waals surface area (Å²) in [5.74, 6) is -1.26. The topological polar surface area (TPSA) is 66.8 Å². The van der Waals surface area contributed by atoms with E-state index in [0.717, 1.165) is 11.1 Å². The van der Waals surface area contributed by atoms with Gasteiger partial charge in [0.2, 0.25) is 5.91 Å². The van der Waals surface area contributed by atoms with Crippen molar-refractivity contribution in [1.29, 1.82) is 0 Å². The van der Waals surface area contributed by atoms with Gasteiger partial charge in [-0.1, -0.05) is 23.8 Å². The number of hydrogen-bond donors (Lipinski definition) is 1. The number of aryl methyl sites for hydroxylation is 2.